The summed E-state index contributed by atoms with van der Waals surface area (Å²) < 4.78 is 20.1. The number of amides is 3. The molecule has 1 fully saturated rings. The van der Waals surface area contributed by atoms with Gasteiger partial charge in [0.25, 0.3) is 17.6 Å². The summed E-state index contributed by atoms with van der Waals surface area (Å²) in [5.74, 6) is -1.39. The predicted octanol–water partition coefficient (Wildman–Crippen LogP) is 3.68. The van der Waals surface area contributed by atoms with Crippen LogP contribution in [0.25, 0.3) is 10.9 Å². The van der Waals surface area contributed by atoms with E-state index in [0.717, 1.165) is 24.8 Å². The summed E-state index contributed by atoms with van der Waals surface area (Å²) in [4.78, 5) is 56.4. The first-order chi connectivity index (χ1) is 18.5. The Balaban J connectivity index is 1.65. The number of carbonyl (C=O) groups excluding carboxylic acids is 4. The lowest BCUT2D eigenvalue weighted by molar-refractivity contribution is -0.124. The molecule has 0 N–H and O–H groups in total. The summed E-state index contributed by atoms with van der Waals surface area (Å²) in [6, 6.07) is 9.18. The van der Waals surface area contributed by atoms with Crippen LogP contribution in [0.2, 0.25) is 0 Å². The highest BCUT2D eigenvalue weighted by atomic mass is 19.1. The third-order valence-electron chi connectivity index (χ3n) is 7.13. The zero-order chi connectivity index (χ0) is 28.4. The van der Waals surface area contributed by atoms with E-state index < -0.39 is 17.7 Å². The van der Waals surface area contributed by atoms with Gasteiger partial charge in [0.1, 0.15) is 11.6 Å². The van der Waals surface area contributed by atoms with Crippen LogP contribution in [0.1, 0.15) is 39.1 Å². The van der Waals surface area contributed by atoms with Gasteiger partial charge >= 0.3 is 6.03 Å². The minimum atomic E-state index is -0.777. The molecule has 2 aromatic carbocycles. The monoisotopic (exact) mass is 536 g/mol. The first-order valence-electron chi connectivity index (χ1n) is 12.8. The van der Waals surface area contributed by atoms with Crippen molar-refractivity contribution in [3.05, 3.63) is 65.1 Å². The van der Waals surface area contributed by atoms with E-state index in [-0.39, 0.29) is 28.6 Å². The number of ketones is 1. The number of benzene rings is 2. The first kappa shape index (κ1) is 27.8. The Morgan fingerprint density at radius 2 is 1.59 bits per heavy atom. The highest BCUT2D eigenvalue weighted by Gasteiger charge is 2.30. The summed E-state index contributed by atoms with van der Waals surface area (Å²) in [7, 11) is 7.55. The smallest absolute Gasteiger partial charge is 0.328 e. The maximum Gasteiger partial charge on any atom is 0.328 e. The molecule has 1 aliphatic heterocycles. The predicted molar refractivity (Wildman–Crippen MR) is 145 cm³/mol. The van der Waals surface area contributed by atoms with E-state index in [1.807, 2.05) is 0 Å². The first-order valence-corrected chi connectivity index (χ1v) is 12.8. The molecule has 39 heavy (non-hydrogen) atoms. The fourth-order valence-corrected chi connectivity index (χ4v) is 4.93. The Hall–Kier alpha value is -4.21. The van der Waals surface area contributed by atoms with Gasteiger partial charge in [-0.3, -0.25) is 19.0 Å². The zero-order valence-corrected chi connectivity index (χ0v) is 22.9. The molecule has 0 unspecified atom stereocenters. The summed E-state index contributed by atoms with van der Waals surface area (Å²) in [6.45, 7) is 1.08. The second kappa shape index (κ2) is 11.3. The molecule has 0 atom stereocenters. The molecule has 10 heteroatoms. The van der Waals surface area contributed by atoms with Crippen molar-refractivity contribution in [2.45, 2.75) is 19.3 Å². The summed E-state index contributed by atoms with van der Waals surface area (Å²) in [5.41, 5.74) is 1.71. The van der Waals surface area contributed by atoms with Crippen molar-refractivity contribution < 1.29 is 28.3 Å². The fourth-order valence-electron chi connectivity index (χ4n) is 4.93. The Bertz CT molecular complexity index is 1420. The van der Waals surface area contributed by atoms with Crippen molar-refractivity contribution in [1.29, 1.82) is 0 Å². The van der Waals surface area contributed by atoms with Gasteiger partial charge in [0, 0.05) is 58.9 Å². The molecule has 1 aromatic heterocycles. The number of Topliss-reactive ketones (excluding diaryl/α,β-unsaturated/α-hetero) is 1. The Kier molecular flexibility index (Phi) is 8.03. The molecule has 9 nitrogen and oxygen atoms in total. The molecule has 0 bridgehead atoms. The lowest BCUT2D eigenvalue weighted by atomic mass is 9.90. The van der Waals surface area contributed by atoms with Crippen LogP contribution in [0, 0.1) is 11.7 Å². The molecule has 1 aliphatic rings. The minimum absolute atomic E-state index is 0.0357. The van der Waals surface area contributed by atoms with E-state index in [1.54, 1.807) is 37.2 Å². The van der Waals surface area contributed by atoms with Gasteiger partial charge in [-0.1, -0.05) is 12.1 Å². The molecule has 0 radical (unpaired) electrons. The number of ether oxygens (including phenoxy) is 1. The number of halogens is 1. The van der Waals surface area contributed by atoms with Crippen molar-refractivity contribution >= 4 is 34.5 Å². The van der Waals surface area contributed by atoms with Gasteiger partial charge in [0.15, 0.2) is 0 Å². The van der Waals surface area contributed by atoms with E-state index in [4.69, 9.17) is 4.74 Å². The van der Waals surface area contributed by atoms with E-state index in [2.05, 4.69) is 0 Å². The van der Waals surface area contributed by atoms with E-state index in [9.17, 15) is 23.6 Å². The maximum atomic E-state index is 13.7. The molecule has 0 saturated carbocycles. The van der Waals surface area contributed by atoms with Gasteiger partial charge in [-0.05, 0) is 48.9 Å². The SMILES string of the molecule is COc1cc2c(cc1C(=O)N1CCC(Cc3ccc(F)cc3)CC1)c(C(=O)C(=O)N(C)C)cn2C(=O)N(C)C. The third kappa shape index (κ3) is 5.64. The number of hydrogen-bond acceptors (Lipinski definition) is 5. The Labute approximate surface area is 226 Å². The standard InChI is InChI=1S/C29H33FN4O5/c1-31(2)28(37)26(35)23-17-34(29(38)32(3)4)24-16-25(39-5)22(15-21(23)24)27(36)33-12-10-19(11-13-33)14-18-6-8-20(30)9-7-18/h6-9,15-17,19H,10-14H2,1-5H3. The highest BCUT2D eigenvalue weighted by molar-refractivity contribution is 6.45. The number of rotatable bonds is 6. The van der Waals surface area contributed by atoms with Crippen LogP contribution in [-0.2, 0) is 11.2 Å². The largest absolute Gasteiger partial charge is 0.496 e. The summed E-state index contributed by atoms with van der Waals surface area (Å²) >= 11 is 0. The fraction of sp³-hybridized carbons (Fsp3) is 0.379. The lowest BCUT2D eigenvalue weighted by Gasteiger charge is -2.32. The average Bonchev–Trinajstić information content (AvgIpc) is 3.30. The molecule has 206 valence electrons. The quantitative estimate of drug-likeness (QED) is 0.354. The summed E-state index contributed by atoms with van der Waals surface area (Å²) in [6.07, 6.45) is 3.74. The Morgan fingerprint density at radius 1 is 0.949 bits per heavy atom. The van der Waals surface area contributed by atoms with Gasteiger partial charge in [-0.25, -0.2) is 9.18 Å². The minimum Gasteiger partial charge on any atom is -0.496 e. The number of methoxy groups -OCH3 is 1. The molecule has 3 aromatic rings. The number of nitrogens with zero attached hydrogens (tertiary/aromatic N) is 4. The van der Waals surface area contributed by atoms with Gasteiger partial charge in [-0.15, -0.1) is 0 Å². The number of carbonyl (C=O) groups is 4. The Morgan fingerprint density at radius 3 is 2.15 bits per heavy atom. The molecule has 0 aliphatic carbocycles. The number of fused-ring (bicyclic) bond motifs is 1. The van der Waals surface area contributed by atoms with Crippen LogP contribution in [-0.4, -0.2) is 91.3 Å². The second-order valence-corrected chi connectivity index (χ2v) is 10.3. The van der Waals surface area contributed by atoms with Crippen LogP contribution in [0.4, 0.5) is 9.18 Å². The van der Waals surface area contributed by atoms with Crippen LogP contribution < -0.4 is 4.74 Å². The number of likely N-dealkylation sites (N-methyl/N-ethyl adjacent to an activating group) is 1. The molecule has 1 saturated heterocycles. The van der Waals surface area contributed by atoms with Crippen LogP contribution in [0.15, 0.2) is 42.6 Å². The number of aromatic nitrogens is 1. The zero-order valence-electron chi connectivity index (χ0n) is 22.9. The van der Waals surface area contributed by atoms with Crippen molar-refractivity contribution in [3.8, 4) is 5.75 Å². The van der Waals surface area contributed by atoms with E-state index in [1.165, 1.54) is 60.0 Å². The summed E-state index contributed by atoms with van der Waals surface area (Å²) in [5, 5.41) is 0.320. The van der Waals surface area contributed by atoms with E-state index in [0.29, 0.717) is 29.9 Å². The molecule has 4 rings (SSSR count). The number of hydrogen-bond donors (Lipinski definition) is 0. The van der Waals surface area contributed by atoms with Crippen molar-refractivity contribution in [2.75, 3.05) is 48.4 Å². The third-order valence-corrected chi connectivity index (χ3v) is 7.13. The average molecular weight is 537 g/mol. The second-order valence-electron chi connectivity index (χ2n) is 10.3. The van der Waals surface area contributed by atoms with Crippen LogP contribution >= 0.6 is 0 Å². The molecule has 0 spiro atoms. The van der Waals surface area contributed by atoms with Gasteiger partial charge in [-0.2, -0.15) is 0 Å². The number of likely N-dealkylation sites (tertiary alicyclic amines) is 1. The van der Waals surface area contributed by atoms with Crippen molar-refractivity contribution in [2.24, 2.45) is 5.92 Å². The van der Waals surface area contributed by atoms with Crippen LogP contribution in [0.3, 0.4) is 0 Å². The van der Waals surface area contributed by atoms with Gasteiger partial charge in [0.2, 0.25) is 0 Å². The molecule has 3 amide bonds. The topological polar surface area (TPSA) is 92.2 Å². The molecular formula is C29H33FN4O5. The lowest BCUT2D eigenvalue weighted by Crippen LogP contribution is -2.39. The van der Waals surface area contributed by atoms with Crippen molar-refractivity contribution in [3.63, 3.8) is 0 Å². The van der Waals surface area contributed by atoms with Crippen LogP contribution in [0.5, 0.6) is 5.75 Å². The highest BCUT2D eigenvalue weighted by Crippen LogP contribution is 2.32. The normalized spacial score (nSPS) is 13.8. The molecule has 2 heterocycles. The van der Waals surface area contributed by atoms with E-state index >= 15 is 0 Å². The van der Waals surface area contributed by atoms with Gasteiger partial charge < -0.3 is 19.4 Å². The number of piperidine rings is 1. The molecular weight excluding hydrogens is 503 g/mol. The maximum absolute atomic E-state index is 13.7. The van der Waals surface area contributed by atoms with Gasteiger partial charge in [0.05, 0.1) is 23.8 Å². The van der Waals surface area contributed by atoms with Crippen molar-refractivity contribution in [1.82, 2.24) is 19.3 Å².